The van der Waals surface area contributed by atoms with Crippen LogP contribution in [0.2, 0.25) is 0 Å². The van der Waals surface area contributed by atoms with Gasteiger partial charge in [-0.1, -0.05) is 146 Å². The summed E-state index contributed by atoms with van der Waals surface area (Å²) in [6.07, 6.45) is 0. The molecule has 12 aliphatic rings. The molecule has 8 nitrogen and oxygen atoms in total. The van der Waals surface area contributed by atoms with Crippen LogP contribution in [0.1, 0.15) is 195 Å². The first-order valence-electron chi connectivity index (χ1n) is 30.0. The van der Waals surface area contributed by atoms with Gasteiger partial charge in [-0.15, -0.1) is 0 Å². The molecule has 2 heterocycles. The molecule has 0 saturated heterocycles. The second kappa shape index (κ2) is 15.8. The van der Waals surface area contributed by atoms with E-state index in [4.69, 9.17) is 29.4 Å². The Balaban J connectivity index is 0.785. The normalized spacial score (nSPS) is 21.2. The Hall–Kier alpha value is -10.4. The molecule has 0 radical (unpaired) electrons. The van der Waals surface area contributed by atoms with Gasteiger partial charge in [-0.3, -0.25) is 9.59 Å². The summed E-state index contributed by atoms with van der Waals surface area (Å²) in [6.45, 7) is 2.99. The van der Waals surface area contributed by atoms with Crippen molar-refractivity contribution in [2.75, 3.05) is 0 Å². The van der Waals surface area contributed by atoms with Crippen molar-refractivity contribution in [3.8, 4) is 11.5 Å². The Morgan fingerprint density at radius 3 is 0.558 bits per heavy atom. The monoisotopic (exact) mass is 1100 g/mol. The number of aromatic nitrogens is 4. The molecule has 12 aliphatic carbocycles. The minimum Gasteiger partial charge on any atom is -0.426 e. The van der Waals surface area contributed by atoms with Crippen molar-refractivity contribution in [1.82, 2.24) is 19.9 Å². The van der Waals surface area contributed by atoms with Gasteiger partial charge in [0.2, 0.25) is 0 Å². The number of hydrogen-bond acceptors (Lipinski definition) is 8. The van der Waals surface area contributed by atoms with Gasteiger partial charge in [-0.2, -0.15) is 0 Å². The Bertz CT molecular complexity index is 4730. The van der Waals surface area contributed by atoms with E-state index < -0.39 is 35.6 Å². The minimum absolute atomic E-state index is 0.105. The second-order valence-electron chi connectivity index (χ2n) is 25.1. The van der Waals surface area contributed by atoms with E-state index in [0.717, 1.165) is 111 Å². The third-order valence-electron chi connectivity index (χ3n) is 21.1. The number of hydrogen-bond donors (Lipinski definition) is 0. The van der Waals surface area contributed by atoms with E-state index >= 15 is 0 Å². The molecule has 402 valence electrons. The van der Waals surface area contributed by atoms with Crippen molar-refractivity contribution in [3.05, 3.63) is 328 Å². The van der Waals surface area contributed by atoms with Crippen LogP contribution in [0.3, 0.4) is 0 Å². The number of esters is 2. The summed E-state index contributed by atoms with van der Waals surface area (Å²) in [6, 6.07) is 71.0. The highest BCUT2D eigenvalue weighted by Gasteiger charge is 2.54. The van der Waals surface area contributed by atoms with Crippen LogP contribution in [0.5, 0.6) is 11.5 Å². The zero-order valence-corrected chi connectivity index (χ0v) is 46.5. The maximum Gasteiger partial charge on any atom is 0.308 e. The van der Waals surface area contributed by atoms with Crippen LogP contribution in [0.15, 0.2) is 194 Å². The summed E-state index contributed by atoms with van der Waals surface area (Å²) >= 11 is 0. The summed E-state index contributed by atoms with van der Waals surface area (Å²) in [5.74, 6) is -0.997. The van der Waals surface area contributed by atoms with Gasteiger partial charge in [0.05, 0.1) is 44.1 Å². The number of rotatable bonds is 2. The maximum absolute atomic E-state index is 14.1. The molecule has 0 amide bonds. The molecule has 0 fully saturated rings. The molecule has 13 aromatic rings. The fourth-order valence-corrected chi connectivity index (χ4v) is 18.2. The van der Waals surface area contributed by atoms with Gasteiger partial charge in [0, 0.05) is 83.4 Å². The lowest BCUT2D eigenvalue weighted by Crippen LogP contribution is -2.34. The summed E-state index contributed by atoms with van der Waals surface area (Å²) in [5.41, 5.74) is 34.8. The van der Waals surface area contributed by atoms with Crippen LogP contribution in [0.25, 0.3) is 44.1 Å². The van der Waals surface area contributed by atoms with Gasteiger partial charge < -0.3 is 9.47 Å². The Morgan fingerprint density at radius 2 is 0.395 bits per heavy atom. The molecular weight excluding hydrogens is 1060 g/mol. The van der Waals surface area contributed by atoms with Crippen LogP contribution in [-0.4, -0.2) is 31.9 Å². The number of carbonyl (C=O) groups excluding carboxylic acids is 2. The van der Waals surface area contributed by atoms with Crippen molar-refractivity contribution in [3.63, 3.8) is 0 Å². The predicted molar refractivity (Wildman–Crippen MR) is 329 cm³/mol. The molecule has 0 saturated carbocycles. The number of ether oxygens (including phenoxy) is 2. The highest BCUT2D eigenvalue weighted by Crippen LogP contribution is 2.69. The first-order valence-corrected chi connectivity index (χ1v) is 30.0. The average molecular weight is 1100 g/mol. The first-order chi connectivity index (χ1) is 42.3. The average Bonchev–Trinajstić information content (AvgIpc) is 0.713. The zero-order valence-electron chi connectivity index (χ0n) is 46.5. The van der Waals surface area contributed by atoms with E-state index in [1.165, 1.54) is 80.6 Å². The Kier molecular flexibility index (Phi) is 8.48. The molecule has 0 aliphatic heterocycles. The highest BCUT2D eigenvalue weighted by molar-refractivity contribution is 5.95. The summed E-state index contributed by atoms with van der Waals surface area (Å²) in [7, 11) is 0. The Labute approximate surface area is 492 Å². The Morgan fingerprint density at radius 1 is 0.244 bits per heavy atom. The van der Waals surface area contributed by atoms with Crippen LogP contribution in [-0.2, 0) is 9.59 Å². The van der Waals surface area contributed by atoms with E-state index in [2.05, 4.69) is 194 Å². The van der Waals surface area contributed by atoms with Gasteiger partial charge in [0.15, 0.2) is 0 Å². The van der Waals surface area contributed by atoms with Crippen LogP contribution >= 0.6 is 0 Å². The van der Waals surface area contributed by atoms with E-state index in [1.807, 2.05) is 0 Å². The van der Waals surface area contributed by atoms with Crippen molar-refractivity contribution in [2.45, 2.75) is 61.2 Å². The molecular formula is C78H46N4O4. The highest BCUT2D eigenvalue weighted by atomic mass is 16.5. The molecule has 0 N–H and O–H groups in total. The van der Waals surface area contributed by atoms with Gasteiger partial charge in [0.25, 0.3) is 0 Å². The second-order valence-corrected chi connectivity index (χ2v) is 25.1. The summed E-state index contributed by atoms with van der Waals surface area (Å²) < 4.78 is 13.7. The number of carbonyl (C=O) groups is 2. The lowest BCUT2D eigenvalue weighted by atomic mass is 9.55. The molecule has 0 unspecified atom stereocenters. The molecule has 25 rings (SSSR count). The maximum atomic E-state index is 14.1. The number of fused-ring (bicyclic) bond motifs is 4. The zero-order chi connectivity index (χ0) is 56.3. The molecule has 4 atom stereocenters. The van der Waals surface area contributed by atoms with Crippen molar-refractivity contribution in [1.29, 1.82) is 0 Å². The van der Waals surface area contributed by atoms with Crippen molar-refractivity contribution >= 4 is 56.1 Å². The van der Waals surface area contributed by atoms with E-state index in [-0.39, 0.29) is 23.7 Å². The van der Waals surface area contributed by atoms with E-state index in [9.17, 15) is 9.59 Å². The first kappa shape index (κ1) is 46.0. The van der Waals surface area contributed by atoms with Gasteiger partial charge in [0.1, 0.15) is 11.5 Å². The third kappa shape index (κ3) is 5.58. The molecule has 11 aromatic carbocycles. The lowest BCUT2D eigenvalue weighted by Gasteiger charge is -2.48. The van der Waals surface area contributed by atoms with Crippen molar-refractivity contribution < 1.29 is 19.1 Å². The largest absolute Gasteiger partial charge is 0.426 e. The lowest BCUT2D eigenvalue weighted by molar-refractivity contribution is -0.133. The quantitative estimate of drug-likeness (QED) is 0.0958. The third-order valence-corrected chi connectivity index (χ3v) is 21.1. The molecule has 2 aromatic heterocycles. The van der Waals surface area contributed by atoms with Gasteiger partial charge >= 0.3 is 11.9 Å². The van der Waals surface area contributed by atoms with Crippen LogP contribution in [0, 0.1) is 0 Å². The van der Waals surface area contributed by atoms with E-state index in [1.54, 1.807) is 0 Å². The summed E-state index contributed by atoms with van der Waals surface area (Å²) in [4.78, 5) is 50.3. The van der Waals surface area contributed by atoms with Crippen molar-refractivity contribution in [2.24, 2.45) is 0 Å². The van der Waals surface area contributed by atoms with Gasteiger partial charge in [-0.25, -0.2) is 19.9 Å². The summed E-state index contributed by atoms with van der Waals surface area (Å²) in [5, 5.41) is 0. The van der Waals surface area contributed by atoms with E-state index in [0.29, 0.717) is 11.5 Å². The molecule has 8 bridgehead atoms. The SMILES string of the molecule is CC(=O)Oc1c2c(c(OC(C)=O)c3c1[C@H]1c4ccccc4[C@@H]3c3cc4nc5cc6c(cc5nc4cc31)C1c3ccccc3C6c3ccccc31)[C@H]1c3ccccc3[C@@H]2c2cc3nc4cc5c(cc4nc3cc21)C1c2ccccc2C5c2ccccc21. The topological polar surface area (TPSA) is 104 Å². The number of benzene rings is 11. The molecule has 8 heteroatoms. The van der Waals surface area contributed by atoms with Crippen LogP contribution in [0.4, 0.5) is 0 Å². The smallest absolute Gasteiger partial charge is 0.308 e. The standard InChI is InChI=1S/C78H46N4O4/c1-35(83)85-77-73-69-45-23-11-13-25-47(45)71(55-33-63-61(31-53(55)69)79-57-27-49-51(29-59(57)81-63)67-41-19-7-3-15-37(41)65(49)38-16-4-8-20-42(38)67)75(73)78(86-36(2)84)76-72-48-26-14-12-24-46(48)70(74(76)77)54-32-62-64(34-56(54)72)82-60-30-52-50(28-58(60)80-62)66-39-17-5-9-21-43(39)68(52)44-22-10-6-18-40(44)66/h3-34,65-72H,1-2H3/t65?,66?,67?,68?,69-,70+,71+,72-. The fourth-order valence-electron chi connectivity index (χ4n) is 18.2. The predicted octanol–water partition coefficient (Wildman–Crippen LogP) is 15.7. The number of nitrogens with zero attached hydrogens (tertiary/aromatic N) is 4. The fraction of sp³-hybridized carbons (Fsp3) is 0.128. The molecule has 0 spiro atoms. The minimum atomic E-state index is -0.421. The van der Waals surface area contributed by atoms with Crippen LogP contribution < -0.4 is 9.47 Å². The van der Waals surface area contributed by atoms with Gasteiger partial charge in [-0.05, 0) is 160 Å². The molecule has 86 heavy (non-hydrogen) atoms.